The van der Waals surface area contributed by atoms with Crippen LogP contribution >= 0.6 is 0 Å². The third kappa shape index (κ3) is 1.54. The molecule has 1 fully saturated rings. The van der Waals surface area contributed by atoms with Crippen LogP contribution in [-0.2, 0) is 0 Å². The Morgan fingerprint density at radius 1 is 0.909 bits per heavy atom. The smallest absolute Gasteiger partial charge is 0.0467 e. The zero-order valence-corrected chi connectivity index (χ0v) is 6.87. The molecule has 1 nitrogen and oxygen atoms in total. The fourth-order valence-electron chi connectivity index (χ4n) is 1.88. The topological polar surface area (TPSA) is 3.24 Å². The zero-order valence-electron chi connectivity index (χ0n) is 6.87. The highest BCUT2D eigenvalue weighted by Gasteiger charge is 2.16. The van der Waals surface area contributed by atoms with E-state index in [1.165, 1.54) is 32.4 Å². The van der Waals surface area contributed by atoms with Crippen molar-refractivity contribution < 1.29 is 0 Å². The first-order valence-corrected chi connectivity index (χ1v) is 4.56. The van der Waals surface area contributed by atoms with Gasteiger partial charge in [0.05, 0.1) is 0 Å². The molecule has 2 rings (SSSR count). The molecule has 0 spiro atoms. The molecule has 0 radical (unpaired) electrons. The van der Waals surface area contributed by atoms with Crippen LogP contribution in [0.3, 0.4) is 0 Å². The Labute approximate surface area is 68.4 Å². The number of hydrogen-bond donors (Lipinski definition) is 0. The summed E-state index contributed by atoms with van der Waals surface area (Å²) < 4.78 is 0. The highest BCUT2D eigenvalue weighted by molar-refractivity contribution is 5.21. The summed E-state index contributed by atoms with van der Waals surface area (Å²) in [6.07, 6.45) is 13.1. The Balaban J connectivity index is 1.92. The summed E-state index contributed by atoms with van der Waals surface area (Å²) in [4.78, 5) is 2.56. The average Bonchev–Trinajstić information content (AvgIpc) is 2.58. The summed E-state index contributed by atoms with van der Waals surface area (Å²) in [5.41, 5.74) is 0. The fraction of sp³-hybridized carbons (Fsp3) is 0.600. The average molecular weight is 149 g/mol. The van der Waals surface area contributed by atoms with E-state index in [0.717, 1.165) is 0 Å². The van der Waals surface area contributed by atoms with E-state index < -0.39 is 0 Å². The summed E-state index contributed by atoms with van der Waals surface area (Å²) in [5, 5.41) is 0. The van der Waals surface area contributed by atoms with Crippen LogP contribution in [0.4, 0.5) is 0 Å². The summed E-state index contributed by atoms with van der Waals surface area (Å²) in [5.74, 6) is 0. The van der Waals surface area contributed by atoms with E-state index in [1.54, 1.807) is 0 Å². The Morgan fingerprint density at radius 3 is 2.18 bits per heavy atom. The van der Waals surface area contributed by atoms with Gasteiger partial charge in [0.25, 0.3) is 0 Å². The lowest BCUT2D eigenvalue weighted by Crippen LogP contribution is -2.36. The second-order valence-corrected chi connectivity index (χ2v) is 3.36. The maximum Gasteiger partial charge on any atom is 0.0467 e. The van der Waals surface area contributed by atoms with Gasteiger partial charge in [-0.15, -0.1) is 0 Å². The van der Waals surface area contributed by atoms with Crippen molar-refractivity contribution in [2.75, 3.05) is 13.1 Å². The van der Waals surface area contributed by atoms with Gasteiger partial charge < -0.3 is 0 Å². The molecule has 0 saturated carbocycles. The van der Waals surface area contributed by atoms with Crippen molar-refractivity contribution >= 4 is 0 Å². The van der Waals surface area contributed by atoms with Crippen LogP contribution < -0.4 is 0 Å². The van der Waals surface area contributed by atoms with E-state index in [9.17, 15) is 0 Å². The molecule has 0 bridgehead atoms. The van der Waals surface area contributed by atoms with Crippen molar-refractivity contribution in [3.8, 4) is 0 Å². The van der Waals surface area contributed by atoms with Crippen molar-refractivity contribution in [2.45, 2.75) is 25.3 Å². The van der Waals surface area contributed by atoms with Crippen molar-refractivity contribution in [1.82, 2.24) is 4.90 Å². The molecule has 2 aliphatic rings. The predicted octanol–water partition coefficient (Wildman–Crippen LogP) is 1.97. The number of likely N-dealkylation sites (tertiary alicyclic amines) is 1. The second-order valence-electron chi connectivity index (χ2n) is 3.36. The molecule has 0 aromatic heterocycles. The van der Waals surface area contributed by atoms with Crippen LogP contribution in [0.1, 0.15) is 19.3 Å². The van der Waals surface area contributed by atoms with Gasteiger partial charge in [0.1, 0.15) is 0 Å². The van der Waals surface area contributed by atoms with E-state index in [1.807, 2.05) is 0 Å². The lowest BCUT2D eigenvalue weighted by Gasteiger charge is -2.30. The quantitative estimate of drug-likeness (QED) is 0.551. The molecule has 0 amide bonds. The zero-order chi connectivity index (χ0) is 7.52. The second kappa shape index (κ2) is 3.22. The first kappa shape index (κ1) is 7.11. The lowest BCUT2D eigenvalue weighted by atomic mass is 10.1. The SMILES string of the molecule is C1=CC(N2CCCCC2)C=C1. The first-order chi connectivity index (χ1) is 5.47. The minimum Gasteiger partial charge on any atom is -0.293 e. The summed E-state index contributed by atoms with van der Waals surface area (Å²) in [6, 6.07) is 0.621. The van der Waals surface area contributed by atoms with Crippen molar-refractivity contribution in [2.24, 2.45) is 0 Å². The Hall–Kier alpha value is -0.560. The van der Waals surface area contributed by atoms with Gasteiger partial charge in [-0.05, 0) is 25.9 Å². The number of allylic oxidation sites excluding steroid dienone is 2. The molecule has 11 heavy (non-hydrogen) atoms. The molecule has 60 valence electrons. The number of nitrogens with zero attached hydrogens (tertiary/aromatic N) is 1. The largest absolute Gasteiger partial charge is 0.293 e. The van der Waals surface area contributed by atoms with Gasteiger partial charge in [-0.3, -0.25) is 4.90 Å². The van der Waals surface area contributed by atoms with Crippen LogP contribution in [0.25, 0.3) is 0 Å². The molecule has 1 aliphatic heterocycles. The molecule has 0 atom stereocenters. The molecular formula is C10H15N. The maximum absolute atomic E-state index is 2.56. The van der Waals surface area contributed by atoms with E-state index in [2.05, 4.69) is 29.2 Å². The van der Waals surface area contributed by atoms with Crippen molar-refractivity contribution in [3.63, 3.8) is 0 Å². The van der Waals surface area contributed by atoms with E-state index in [-0.39, 0.29) is 0 Å². The van der Waals surface area contributed by atoms with Crippen LogP contribution in [-0.4, -0.2) is 24.0 Å². The van der Waals surface area contributed by atoms with Crippen LogP contribution in [0.2, 0.25) is 0 Å². The van der Waals surface area contributed by atoms with Crippen LogP contribution in [0.5, 0.6) is 0 Å². The highest BCUT2D eigenvalue weighted by atomic mass is 15.1. The number of hydrogen-bond acceptors (Lipinski definition) is 1. The van der Waals surface area contributed by atoms with Crippen LogP contribution in [0, 0.1) is 0 Å². The summed E-state index contributed by atoms with van der Waals surface area (Å²) in [6.45, 7) is 2.58. The predicted molar refractivity (Wildman–Crippen MR) is 47.5 cm³/mol. The Morgan fingerprint density at radius 2 is 1.55 bits per heavy atom. The van der Waals surface area contributed by atoms with Gasteiger partial charge in [-0.25, -0.2) is 0 Å². The molecule has 1 heteroatoms. The Bertz CT molecular complexity index is 163. The summed E-state index contributed by atoms with van der Waals surface area (Å²) in [7, 11) is 0. The molecule has 0 aromatic carbocycles. The highest BCUT2D eigenvalue weighted by Crippen LogP contribution is 2.15. The van der Waals surface area contributed by atoms with Gasteiger partial charge in [0.2, 0.25) is 0 Å². The van der Waals surface area contributed by atoms with Gasteiger partial charge in [-0.2, -0.15) is 0 Å². The monoisotopic (exact) mass is 149 g/mol. The van der Waals surface area contributed by atoms with Gasteiger partial charge in [0, 0.05) is 6.04 Å². The molecule has 1 aliphatic carbocycles. The number of piperidine rings is 1. The van der Waals surface area contributed by atoms with Gasteiger partial charge >= 0.3 is 0 Å². The lowest BCUT2D eigenvalue weighted by molar-refractivity contribution is 0.217. The maximum atomic E-state index is 2.56. The standard InChI is InChI=1S/C10H15N/c1-4-8-11(9-5-1)10-6-2-3-7-10/h2-3,6-7,10H,1,4-5,8-9H2. The molecule has 1 heterocycles. The molecule has 0 aromatic rings. The van der Waals surface area contributed by atoms with Gasteiger partial charge in [0.15, 0.2) is 0 Å². The fourth-order valence-corrected chi connectivity index (χ4v) is 1.88. The first-order valence-electron chi connectivity index (χ1n) is 4.56. The third-order valence-corrected chi connectivity index (χ3v) is 2.54. The van der Waals surface area contributed by atoms with Crippen molar-refractivity contribution in [3.05, 3.63) is 24.3 Å². The van der Waals surface area contributed by atoms with E-state index >= 15 is 0 Å². The van der Waals surface area contributed by atoms with E-state index in [0.29, 0.717) is 6.04 Å². The Kier molecular flexibility index (Phi) is 2.08. The molecule has 0 unspecified atom stereocenters. The summed E-state index contributed by atoms with van der Waals surface area (Å²) >= 11 is 0. The third-order valence-electron chi connectivity index (χ3n) is 2.54. The van der Waals surface area contributed by atoms with Crippen molar-refractivity contribution in [1.29, 1.82) is 0 Å². The van der Waals surface area contributed by atoms with Crippen LogP contribution in [0.15, 0.2) is 24.3 Å². The minimum atomic E-state index is 0.621. The molecular weight excluding hydrogens is 134 g/mol. The minimum absolute atomic E-state index is 0.621. The normalized spacial score (nSPS) is 26.5. The van der Waals surface area contributed by atoms with E-state index in [4.69, 9.17) is 0 Å². The molecule has 1 saturated heterocycles. The van der Waals surface area contributed by atoms with Gasteiger partial charge in [-0.1, -0.05) is 30.7 Å². The number of rotatable bonds is 1. The molecule has 0 N–H and O–H groups in total.